The van der Waals surface area contributed by atoms with Crippen LogP contribution in [0.3, 0.4) is 0 Å². The molecule has 0 atom stereocenters. The Morgan fingerprint density at radius 1 is 1.14 bits per heavy atom. The number of carbonyl (C=O) groups is 1. The van der Waals surface area contributed by atoms with Crippen LogP contribution in [0.15, 0.2) is 54.6 Å². The van der Waals surface area contributed by atoms with Gasteiger partial charge in [-0.15, -0.1) is 0 Å². The van der Waals surface area contributed by atoms with Gasteiger partial charge in [0.05, 0.1) is 18.1 Å². The topological polar surface area (TPSA) is 78.7 Å². The number of methoxy groups -OCH3 is 1. The molecule has 0 aliphatic rings. The van der Waals surface area contributed by atoms with Gasteiger partial charge in [-0.3, -0.25) is 10.1 Å². The van der Waals surface area contributed by atoms with E-state index in [9.17, 15) is 14.9 Å². The van der Waals surface area contributed by atoms with Gasteiger partial charge < -0.3 is 9.47 Å². The normalized spacial score (nSPS) is 10.4. The number of nitrogens with zero attached hydrogens (tertiary/aromatic N) is 1. The summed E-state index contributed by atoms with van der Waals surface area (Å²) in [5, 5.41) is 10.8. The molecule has 112 valence electrons. The average Bonchev–Trinajstić information content (AvgIpc) is 2.53. The summed E-state index contributed by atoms with van der Waals surface area (Å²) in [6, 6.07) is 13.0. The van der Waals surface area contributed by atoms with E-state index in [1.165, 1.54) is 25.3 Å². The minimum atomic E-state index is -0.650. The molecule has 0 saturated carbocycles. The molecule has 6 heteroatoms. The number of ether oxygens (including phenoxy) is 2. The molecule has 0 N–H and O–H groups in total. The molecule has 2 aromatic carbocycles. The van der Waals surface area contributed by atoms with E-state index < -0.39 is 10.9 Å². The molecule has 2 rings (SSSR count). The van der Waals surface area contributed by atoms with E-state index in [4.69, 9.17) is 9.47 Å². The number of benzene rings is 2. The molecule has 0 aromatic heterocycles. The molecule has 2 aromatic rings. The Labute approximate surface area is 126 Å². The summed E-state index contributed by atoms with van der Waals surface area (Å²) in [5.74, 6) is -0.408. The van der Waals surface area contributed by atoms with Gasteiger partial charge in [0, 0.05) is 12.1 Å². The minimum Gasteiger partial charge on any atom is -0.493 e. The van der Waals surface area contributed by atoms with Crippen molar-refractivity contribution in [1.82, 2.24) is 0 Å². The van der Waals surface area contributed by atoms with Crippen molar-refractivity contribution < 1.29 is 19.2 Å². The van der Waals surface area contributed by atoms with Gasteiger partial charge in [-0.25, -0.2) is 4.79 Å². The molecule has 22 heavy (non-hydrogen) atoms. The third kappa shape index (κ3) is 3.92. The van der Waals surface area contributed by atoms with Gasteiger partial charge in [0.1, 0.15) is 0 Å². The van der Waals surface area contributed by atoms with Gasteiger partial charge in [0.15, 0.2) is 11.5 Å². The Hall–Kier alpha value is -3.15. The zero-order valence-corrected chi connectivity index (χ0v) is 11.8. The van der Waals surface area contributed by atoms with Gasteiger partial charge in [-0.1, -0.05) is 30.3 Å². The van der Waals surface area contributed by atoms with Crippen molar-refractivity contribution >= 4 is 17.7 Å². The Morgan fingerprint density at radius 3 is 2.50 bits per heavy atom. The Morgan fingerprint density at radius 2 is 1.86 bits per heavy atom. The van der Waals surface area contributed by atoms with Gasteiger partial charge >= 0.3 is 5.97 Å². The number of rotatable bonds is 5. The molecule has 0 heterocycles. The summed E-state index contributed by atoms with van der Waals surface area (Å²) in [5.41, 5.74) is 0.654. The Bertz CT molecular complexity index is 710. The quantitative estimate of drug-likeness (QED) is 0.278. The van der Waals surface area contributed by atoms with Crippen LogP contribution in [0.25, 0.3) is 6.08 Å². The van der Waals surface area contributed by atoms with Crippen LogP contribution < -0.4 is 9.47 Å². The Balaban J connectivity index is 2.15. The highest BCUT2D eigenvalue weighted by atomic mass is 16.6. The molecule has 0 unspecified atom stereocenters. The van der Waals surface area contributed by atoms with Gasteiger partial charge in [-0.2, -0.15) is 0 Å². The fourth-order valence-corrected chi connectivity index (χ4v) is 1.73. The van der Waals surface area contributed by atoms with E-state index in [0.717, 1.165) is 11.6 Å². The van der Waals surface area contributed by atoms with Crippen molar-refractivity contribution in [2.75, 3.05) is 7.11 Å². The third-order valence-corrected chi connectivity index (χ3v) is 2.78. The summed E-state index contributed by atoms with van der Waals surface area (Å²) in [6.45, 7) is 0. The van der Waals surface area contributed by atoms with Crippen LogP contribution in [0, 0.1) is 10.1 Å². The first-order valence-corrected chi connectivity index (χ1v) is 6.37. The first-order chi connectivity index (χ1) is 10.6. The van der Waals surface area contributed by atoms with Crippen molar-refractivity contribution in [2.45, 2.75) is 0 Å². The van der Waals surface area contributed by atoms with Crippen LogP contribution >= 0.6 is 0 Å². The van der Waals surface area contributed by atoms with Crippen LogP contribution in [-0.4, -0.2) is 18.0 Å². The first kappa shape index (κ1) is 15.2. The van der Waals surface area contributed by atoms with Crippen LogP contribution in [-0.2, 0) is 4.79 Å². The van der Waals surface area contributed by atoms with Gasteiger partial charge in [0.2, 0.25) is 0 Å². The van der Waals surface area contributed by atoms with E-state index in [0.29, 0.717) is 0 Å². The highest BCUT2D eigenvalue weighted by molar-refractivity contribution is 5.89. The molecule has 0 amide bonds. The van der Waals surface area contributed by atoms with Crippen molar-refractivity contribution in [3.8, 4) is 11.5 Å². The lowest BCUT2D eigenvalue weighted by atomic mass is 10.2. The molecule has 0 aliphatic heterocycles. The standard InChI is InChI=1S/C16H13NO5/c1-21-14-9-8-13(17(19)20)11-15(14)22-16(18)10-7-12-5-3-2-4-6-12/h2-11H,1H3/b10-7+. The van der Waals surface area contributed by atoms with Crippen molar-refractivity contribution in [1.29, 1.82) is 0 Å². The fourth-order valence-electron chi connectivity index (χ4n) is 1.73. The molecule has 0 fully saturated rings. The van der Waals surface area contributed by atoms with Gasteiger partial charge in [0.25, 0.3) is 5.69 Å². The second-order valence-electron chi connectivity index (χ2n) is 4.26. The highest BCUT2D eigenvalue weighted by Crippen LogP contribution is 2.31. The maximum absolute atomic E-state index is 11.8. The van der Waals surface area contributed by atoms with E-state index in [1.54, 1.807) is 6.08 Å². The second-order valence-corrected chi connectivity index (χ2v) is 4.26. The van der Waals surface area contributed by atoms with Crippen LogP contribution in [0.1, 0.15) is 5.56 Å². The summed E-state index contributed by atoms with van der Waals surface area (Å²) >= 11 is 0. The summed E-state index contributed by atoms with van der Waals surface area (Å²) in [7, 11) is 1.39. The molecule has 6 nitrogen and oxygen atoms in total. The van der Waals surface area contributed by atoms with E-state index in [-0.39, 0.29) is 17.2 Å². The van der Waals surface area contributed by atoms with Crippen LogP contribution in [0.4, 0.5) is 5.69 Å². The number of hydrogen-bond donors (Lipinski definition) is 0. The highest BCUT2D eigenvalue weighted by Gasteiger charge is 2.14. The van der Waals surface area contributed by atoms with Crippen molar-refractivity contribution in [3.63, 3.8) is 0 Å². The van der Waals surface area contributed by atoms with Crippen LogP contribution in [0.2, 0.25) is 0 Å². The lowest BCUT2D eigenvalue weighted by Gasteiger charge is -2.07. The monoisotopic (exact) mass is 299 g/mol. The lowest BCUT2D eigenvalue weighted by molar-refractivity contribution is -0.384. The number of nitro benzene ring substituents is 1. The maximum atomic E-state index is 11.8. The smallest absolute Gasteiger partial charge is 0.336 e. The molecular weight excluding hydrogens is 286 g/mol. The minimum absolute atomic E-state index is 0.000545. The lowest BCUT2D eigenvalue weighted by Crippen LogP contribution is -2.05. The molecule has 0 radical (unpaired) electrons. The fraction of sp³-hybridized carbons (Fsp3) is 0.0625. The zero-order chi connectivity index (χ0) is 15.9. The average molecular weight is 299 g/mol. The first-order valence-electron chi connectivity index (χ1n) is 6.37. The zero-order valence-electron chi connectivity index (χ0n) is 11.8. The Kier molecular flexibility index (Phi) is 4.87. The largest absolute Gasteiger partial charge is 0.493 e. The summed E-state index contributed by atoms with van der Waals surface area (Å²) < 4.78 is 10.1. The number of esters is 1. The number of hydrogen-bond acceptors (Lipinski definition) is 5. The number of carbonyl (C=O) groups excluding carboxylic acids is 1. The maximum Gasteiger partial charge on any atom is 0.336 e. The summed E-state index contributed by atoms with van der Waals surface area (Å²) in [4.78, 5) is 22.0. The molecule has 0 bridgehead atoms. The van der Waals surface area contributed by atoms with Gasteiger partial charge in [-0.05, 0) is 17.7 Å². The van der Waals surface area contributed by atoms with E-state index in [1.807, 2.05) is 30.3 Å². The number of nitro groups is 1. The van der Waals surface area contributed by atoms with E-state index in [2.05, 4.69) is 0 Å². The van der Waals surface area contributed by atoms with Crippen LogP contribution in [0.5, 0.6) is 11.5 Å². The molecule has 0 saturated heterocycles. The molecule has 0 spiro atoms. The number of non-ortho nitro benzene ring substituents is 1. The molecule has 0 aliphatic carbocycles. The third-order valence-electron chi connectivity index (χ3n) is 2.78. The molecular formula is C16H13NO5. The summed E-state index contributed by atoms with van der Waals surface area (Å²) in [6.07, 6.45) is 2.83. The predicted molar refractivity (Wildman–Crippen MR) is 80.8 cm³/mol. The van der Waals surface area contributed by atoms with Crippen molar-refractivity contribution in [3.05, 3.63) is 70.3 Å². The van der Waals surface area contributed by atoms with E-state index >= 15 is 0 Å². The predicted octanol–water partition coefficient (Wildman–Crippen LogP) is 3.22. The SMILES string of the molecule is COc1ccc([N+](=O)[O-])cc1OC(=O)/C=C/c1ccccc1. The van der Waals surface area contributed by atoms with Crippen molar-refractivity contribution in [2.24, 2.45) is 0 Å². The second kappa shape index (κ2) is 7.03.